The first-order valence-electron chi connectivity index (χ1n) is 5.17. The number of nitrogens with zero attached hydrogens (tertiary/aromatic N) is 4. The number of hydrogen-bond acceptors (Lipinski definition) is 7. The van der Waals surface area contributed by atoms with E-state index in [0.29, 0.717) is 17.2 Å². The van der Waals surface area contributed by atoms with Crippen molar-refractivity contribution in [2.75, 3.05) is 5.43 Å². The van der Waals surface area contributed by atoms with E-state index in [1.54, 1.807) is 13.0 Å². The van der Waals surface area contributed by atoms with E-state index in [2.05, 4.69) is 36.4 Å². The zero-order chi connectivity index (χ0) is 13.0. The van der Waals surface area contributed by atoms with E-state index < -0.39 is 0 Å². The maximum Gasteiger partial charge on any atom is 0.252 e. The van der Waals surface area contributed by atoms with Crippen molar-refractivity contribution in [3.05, 3.63) is 29.7 Å². The van der Waals surface area contributed by atoms with Crippen molar-refractivity contribution in [2.45, 2.75) is 13.0 Å². The van der Waals surface area contributed by atoms with E-state index >= 15 is 0 Å². The molecule has 1 amide bonds. The molecule has 2 rings (SSSR count). The van der Waals surface area contributed by atoms with Gasteiger partial charge in [-0.1, -0.05) is 5.21 Å². The van der Waals surface area contributed by atoms with Gasteiger partial charge in [0.05, 0.1) is 6.04 Å². The van der Waals surface area contributed by atoms with E-state index in [-0.39, 0.29) is 11.9 Å². The fourth-order valence-corrected chi connectivity index (χ4v) is 1.35. The van der Waals surface area contributed by atoms with Crippen LogP contribution in [-0.4, -0.2) is 31.5 Å². The Morgan fingerprint density at radius 3 is 3.06 bits per heavy atom. The number of carbonyl (C=O) groups is 1. The van der Waals surface area contributed by atoms with E-state index in [1.807, 2.05) is 0 Å². The van der Waals surface area contributed by atoms with Gasteiger partial charge in [0.15, 0.2) is 5.82 Å². The van der Waals surface area contributed by atoms with E-state index in [9.17, 15) is 4.79 Å². The molecule has 2 heterocycles. The Bertz CT molecular complexity index is 525. The zero-order valence-corrected chi connectivity index (χ0v) is 9.58. The van der Waals surface area contributed by atoms with Crippen LogP contribution in [0.15, 0.2) is 18.3 Å². The first-order chi connectivity index (χ1) is 8.70. The Labute approximate surface area is 102 Å². The summed E-state index contributed by atoms with van der Waals surface area (Å²) in [6.07, 6.45) is 1.49. The minimum absolute atomic E-state index is 0.272. The van der Waals surface area contributed by atoms with Gasteiger partial charge in [0.1, 0.15) is 5.82 Å². The number of pyridine rings is 1. The molecule has 0 radical (unpaired) electrons. The fourth-order valence-electron chi connectivity index (χ4n) is 1.35. The third-order valence-corrected chi connectivity index (χ3v) is 2.27. The van der Waals surface area contributed by atoms with Gasteiger partial charge in [-0.05, 0) is 19.1 Å². The van der Waals surface area contributed by atoms with Gasteiger partial charge in [-0.15, -0.1) is 10.2 Å². The number of rotatable bonds is 4. The Balaban J connectivity index is 2.07. The van der Waals surface area contributed by atoms with Gasteiger partial charge in [0.2, 0.25) is 0 Å². The molecule has 5 N–H and O–H groups in total. The molecule has 2 aromatic rings. The highest BCUT2D eigenvalue weighted by Gasteiger charge is 2.14. The minimum Gasteiger partial charge on any atom is -0.342 e. The first-order valence-corrected chi connectivity index (χ1v) is 5.17. The number of hydrazine groups is 1. The van der Waals surface area contributed by atoms with Crippen LogP contribution in [0.3, 0.4) is 0 Å². The summed E-state index contributed by atoms with van der Waals surface area (Å²) in [6.45, 7) is 1.76. The van der Waals surface area contributed by atoms with Crippen LogP contribution in [0.25, 0.3) is 0 Å². The lowest BCUT2D eigenvalue weighted by Crippen LogP contribution is -2.27. The number of carbonyl (C=O) groups excluding carboxylic acids is 1. The van der Waals surface area contributed by atoms with Crippen molar-refractivity contribution < 1.29 is 4.79 Å². The van der Waals surface area contributed by atoms with E-state index in [0.717, 1.165) is 0 Å². The molecule has 1 atom stereocenters. The number of nitrogen functional groups attached to an aromatic ring is 1. The molecule has 0 spiro atoms. The van der Waals surface area contributed by atoms with Crippen LogP contribution >= 0.6 is 0 Å². The van der Waals surface area contributed by atoms with Gasteiger partial charge in [-0.2, -0.15) is 5.21 Å². The van der Waals surface area contributed by atoms with Gasteiger partial charge in [-0.25, -0.2) is 10.8 Å². The van der Waals surface area contributed by atoms with Crippen LogP contribution in [0.4, 0.5) is 5.82 Å². The number of amides is 1. The Kier molecular flexibility index (Phi) is 3.44. The summed E-state index contributed by atoms with van der Waals surface area (Å²) in [5, 5.41) is 16.1. The second-order valence-corrected chi connectivity index (χ2v) is 3.54. The lowest BCUT2D eigenvalue weighted by atomic mass is 10.2. The summed E-state index contributed by atoms with van der Waals surface area (Å²) in [7, 11) is 0. The predicted molar refractivity (Wildman–Crippen MR) is 62.1 cm³/mol. The summed E-state index contributed by atoms with van der Waals surface area (Å²) in [5.74, 6) is 5.77. The average molecular weight is 248 g/mol. The van der Waals surface area contributed by atoms with Crippen molar-refractivity contribution in [3.8, 4) is 0 Å². The summed E-state index contributed by atoms with van der Waals surface area (Å²) in [4.78, 5) is 15.8. The number of tetrazole rings is 1. The van der Waals surface area contributed by atoms with Crippen LogP contribution in [0.1, 0.15) is 29.1 Å². The van der Waals surface area contributed by atoms with Crippen molar-refractivity contribution in [2.24, 2.45) is 5.84 Å². The number of H-pyrrole nitrogens is 1. The molecule has 1 unspecified atom stereocenters. The van der Waals surface area contributed by atoms with Crippen LogP contribution in [0.2, 0.25) is 0 Å². The molecule has 9 nitrogen and oxygen atoms in total. The molecule has 0 aliphatic rings. The van der Waals surface area contributed by atoms with Gasteiger partial charge < -0.3 is 10.7 Å². The Hall–Kier alpha value is -2.55. The molecule has 0 aromatic carbocycles. The van der Waals surface area contributed by atoms with Crippen molar-refractivity contribution in [1.82, 2.24) is 30.9 Å². The fraction of sp³-hybridized carbons (Fsp3) is 0.222. The second kappa shape index (κ2) is 5.19. The van der Waals surface area contributed by atoms with Crippen molar-refractivity contribution in [3.63, 3.8) is 0 Å². The molecule has 0 saturated heterocycles. The molecule has 18 heavy (non-hydrogen) atoms. The summed E-state index contributed by atoms with van der Waals surface area (Å²) in [6, 6.07) is 2.77. The molecule has 94 valence electrons. The second-order valence-electron chi connectivity index (χ2n) is 3.54. The third-order valence-electron chi connectivity index (χ3n) is 2.27. The SMILES string of the molecule is CC(NC(=O)c1ccnc(NN)c1)c1nn[nH]n1. The van der Waals surface area contributed by atoms with E-state index in [1.165, 1.54) is 12.3 Å². The van der Waals surface area contributed by atoms with Crippen LogP contribution in [-0.2, 0) is 0 Å². The normalized spacial score (nSPS) is 11.9. The highest BCUT2D eigenvalue weighted by atomic mass is 16.1. The zero-order valence-electron chi connectivity index (χ0n) is 9.58. The predicted octanol–water partition coefficient (Wildman–Crippen LogP) is -0.629. The Morgan fingerprint density at radius 1 is 1.56 bits per heavy atom. The van der Waals surface area contributed by atoms with Crippen molar-refractivity contribution >= 4 is 11.7 Å². The molecular formula is C9H12N8O. The summed E-state index contributed by atoms with van der Waals surface area (Å²) < 4.78 is 0. The molecular weight excluding hydrogens is 236 g/mol. The maximum atomic E-state index is 11.9. The monoisotopic (exact) mass is 248 g/mol. The third kappa shape index (κ3) is 2.58. The number of aromatic amines is 1. The van der Waals surface area contributed by atoms with Crippen molar-refractivity contribution in [1.29, 1.82) is 0 Å². The number of nitrogens with one attached hydrogen (secondary N) is 3. The quantitative estimate of drug-likeness (QED) is 0.418. The van der Waals surface area contributed by atoms with Gasteiger partial charge in [0.25, 0.3) is 5.91 Å². The van der Waals surface area contributed by atoms with E-state index in [4.69, 9.17) is 5.84 Å². The highest BCUT2D eigenvalue weighted by Crippen LogP contribution is 2.08. The van der Waals surface area contributed by atoms with Crippen LogP contribution in [0.5, 0.6) is 0 Å². The highest BCUT2D eigenvalue weighted by molar-refractivity contribution is 5.94. The Morgan fingerprint density at radius 2 is 2.39 bits per heavy atom. The number of nitrogens with two attached hydrogens (primary N) is 1. The standard InChI is InChI=1S/C9H12N8O/c1-5(8-14-16-17-15-8)12-9(18)6-2-3-11-7(4-6)13-10/h2-5H,10H2,1H3,(H,11,13)(H,12,18)(H,14,15,16,17). The number of hydrogen-bond donors (Lipinski definition) is 4. The molecule has 9 heteroatoms. The minimum atomic E-state index is -0.348. The number of aromatic nitrogens is 5. The number of anilines is 1. The van der Waals surface area contributed by atoms with Gasteiger partial charge in [-0.3, -0.25) is 4.79 Å². The lowest BCUT2D eigenvalue weighted by molar-refractivity contribution is 0.0938. The maximum absolute atomic E-state index is 11.9. The molecule has 0 aliphatic heterocycles. The van der Waals surface area contributed by atoms with Crippen LogP contribution < -0.4 is 16.6 Å². The first kappa shape index (κ1) is 11.9. The van der Waals surface area contributed by atoms with Crippen LogP contribution in [0, 0.1) is 0 Å². The molecule has 0 fully saturated rings. The lowest BCUT2D eigenvalue weighted by Gasteiger charge is -2.10. The molecule has 2 aromatic heterocycles. The average Bonchev–Trinajstić information content (AvgIpc) is 2.92. The smallest absolute Gasteiger partial charge is 0.252 e. The molecule has 0 aliphatic carbocycles. The topological polar surface area (TPSA) is 134 Å². The largest absolute Gasteiger partial charge is 0.342 e. The summed E-state index contributed by atoms with van der Waals surface area (Å²) in [5.41, 5.74) is 2.81. The summed E-state index contributed by atoms with van der Waals surface area (Å²) >= 11 is 0. The molecule has 0 saturated carbocycles. The molecule has 0 bridgehead atoms. The van der Waals surface area contributed by atoms with Gasteiger partial charge in [0, 0.05) is 11.8 Å². The van der Waals surface area contributed by atoms with Gasteiger partial charge >= 0.3 is 0 Å².